The molecule has 3 rings (SSSR count). The number of hydrogen-bond donors (Lipinski definition) is 2. The van der Waals surface area contributed by atoms with E-state index in [0.717, 1.165) is 0 Å². The van der Waals surface area contributed by atoms with Crippen molar-refractivity contribution in [3.63, 3.8) is 0 Å². The minimum Gasteiger partial charge on any atom is -0.494 e. The van der Waals surface area contributed by atoms with Crippen molar-refractivity contribution in [1.82, 2.24) is 10.6 Å². The molecule has 0 bridgehead atoms. The van der Waals surface area contributed by atoms with Gasteiger partial charge in [0, 0.05) is 6.07 Å². The van der Waals surface area contributed by atoms with Gasteiger partial charge in [-0.2, -0.15) is 0 Å². The monoisotopic (exact) mass is 445 g/mol. The van der Waals surface area contributed by atoms with Crippen molar-refractivity contribution in [3.8, 4) is 5.75 Å². The molecule has 1 fully saturated rings. The largest absolute Gasteiger partial charge is 0.494 e. The van der Waals surface area contributed by atoms with Crippen molar-refractivity contribution in [2.45, 2.75) is 17.7 Å². The highest BCUT2D eigenvalue weighted by Gasteiger charge is 2.24. The third-order valence-corrected chi connectivity index (χ3v) is 6.21. The van der Waals surface area contributed by atoms with E-state index in [1.54, 1.807) is 30.3 Å². The van der Waals surface area contributed by atoms with Crippen LogP contribution in [0.3, 0.4) is 0 Å². The highest BCUT2D eigenvalue weighted by Crippen LogP contribution is 2.26. The fraction of sp³-hybridized carbons (Fsp3) is 0.200. The average Bonchev–Trinajstić information content (AvgIpc) is 3.05. The van der Waals surface area contributed by atoms with Gasteiger partial charge in [0.15, 0.2) is 9.84 Å². The molecular weight excluding hydrogens is 426 g/mol. The SMILES string of the molecule is O=C1NC(=O)/C(=C\c2cc(OCCCCS(=O)(=O)c3ccccc3)ccc2[N+](=O)[O-])N1. The molecule has 31 heavy (non-hydrogen) atoms. The zero-order valence-electron chi connectivity index (χ0n) is 16.2. The normalized spacial score (nSPS) is 14.9. The van der Waals surface area contributed by atoms with Gasteiger partial charge in [0.1, 0.15) is 11.4 Å². The standard InChI is InChI=1S/C20H19N3O7S/c24-19-17(21-20(25)22-19)13-14-12-15(8-9-18(14)23(26)27)30-10-4-5-11-31(28,29)16-6-2-1-3-7-16/h1-3,6-9,12-13H,4-5,10-11H2,(H2,21,22,24,25)/b17-13+. The first-order valence-corrected chi connectivity index (χ1v) is 10.9. The topological polar surface area (TPSA) is 145 Å². The van der Waals surface area contributed by atoms with E-state index in [2.05, 4.69) is 5.32 Å². The molecule has 11 heteroatoms. The number of amides is 3. The van der Waals surface area contributed by atoms with E-state index in [1.165, 1.54) is 24.3 Å². The summed E-state index contributed by atoms with van der Waals surface area (Å²) in [5.74, 6) is -0.398. The van der Waals surface area contributed by atoms with Crippen molar-refractivity contribution in [3.05, 3.63) is 69.9 Å². The van der Waals surface area contributed by atoms with E-state index in [-0.39, 0.29) is 34.2 Å². The van der Waals surface area contributed by atoms with Gasteiger partial charge in [0.2, 0.25) is 0 Å². The van der Waals surface area contributed by atoms with E-state index < -0.39 is 26.7 Å². The van der Waals surface area contributed by atoms with Gasteiger partial charge in [-0.1, -0.05) is 18.2 Å². The molecule has 10 nitrogen and oxygen atoms in total. The van der Waals surface area contributed by atoms with E-state index in [9.17, 15) is 28.1 Å². The minimum atomic E-state index is -3.36. The number of carbonyl (C=O) groups excluding carboxylic acids is 2. The number of nitrogens with one attached hydrogen (secondary N) is 2. The fourth-order valence-electron chi connectivity index (χ4n) is 2.87. The summed E-state index contributed by atoms with van der Waals surface area (Å²) in [6, 6.07) is 11.5. The molecule has 1 saturated heterocycles. The second kappa shape index (κ2) is 9.39. The van der Waals surface area contributed by atoms with E-state index in [0.29, 0.717) is 18.6 Å². The maximum Gasteiger partial charge on any atom is 0.326 e. The number of unbranched alkanes of at least 4 members (excludes halogenated alkanes) is 1. The molecule has 0 aromatic heterocycles. The number of rotatable bonds is 9. The summed E-state index contributed by atoms with van der Waals surface area (Å²) in [4.78, 5) is 33.8. The van der Waals surface area contributed by atoms with Gasteiger partial charge in [-0.05, 0) is 43.2 Å². The summed E-state index contributed by atoms with van der Waals surface area (Å²) < 4.78 is 30.1. The molecular formula is C20H19N3O7S. The predicted octanol–water partition coefficient (Wildman–Crippen LogP) is 2.41. The maximum absolute atomic E-state index is 12.3. The van der Waals surface area contributed by atoms with E-state index in [1.807, 2.05) is 5.32 Å². The Hall–Kier alpha value is -3.73. The summed E-state index contributed by atoms with van der Waals surface area (Å²) in [5.41, 5.74) is -0.291. The Morgan fingerprint density at radius 3 is 2.42 bits per heavy atom. The number of urea groups is 1. The predicted molar refractivity (Wildman–Crippen MR) is 111 cm³/mol. The van der Waals surface area contributed by atoms with Crippen molar-refractivity contribution >= 4 is 33.5 Å². The van der Waals surface area contributed by atoms with Crippen molar-refractivity contribution in [2.75, 3.05) is 12.4 Å². The molecule has 2 N–H and O–H groups in total. The van der Waals surface area contributed by atoms with Gasteiger partial charge >= 0.3 is 6.03 Å². The summed E-state index contributed by atoms with van der Waals surface area (Å²) >= 11 is 0. The van der Waals surface area contributed by atoms with Gasteiger partial charge in [-0.25, -0.2) is 13.2 Å². The van der Waals surface area contributed by atoms with Crippen LogP contribution in [-0.2, 0) is 14.6 Å². The molecule has 2 aromatic carbocycles. The number of benzene rings is 2. The highest BCUT2D eigenvalue weighted by atomic mass is 32.2. The number of nitro groups is 1. The highest BCUT2D eigenvalue weighted by molar-refractivity contribution is 7.91. The second-order valence-corrected chi connectivity index (χ2v) is 8.74. The van der Waals surface area contributed by atoms with Crippen molar-refractivity contribution in [2.24, 2.45) is 0 Å². The maximum atomic E-state index is 12.3. The Labute approximate surface area is 178 Å². The first-order chi connectivity index (χ1) is 14.8. The first-order valence-electron chi connectivity index (χ1n) is 9.29. The lowest BCUT2D eigenvalue weighted by atomic mass is 10.1. The first kappa shape index (κ1) is 22.0. The van der Waals surface area contributed by atoms with Crippen LogP contribution >= 0.6 is 0 Å². The lowest BCUT2D eigenvalue weighted by Gasteiger charge is -2.08. The third kappa shape index (κ3) is 5.66. The molecule has 1 aliphatic rings. The van der Waals surface area contributed by atoms with Crippen LogP contribution in [-0.4, -0.2) is 37.6 Å². The van der Waals surface area contributed by atoms with Gasteiger partial charge in [-0.15, -0.1) is 0 Å². The van der Waals surface area contributed by atoms with Gasteiger partial charge in [-0.3, -0.25) is 20.2 Å². The molecule has 0 unspecified atom stereocenters. The van der Waals surface area contributed by atoms with Crippen molar-refractivity contribution in [1.29, 1.82) is 0 Å². The summed E-state index contributed by atoms with van der Waals surface area (Å²) in [6.07, 6.45) is 2.03. The molecule has 1 heterocycles. The van der Waals surface area contributed by atoms with Crippen LogP contribution in [0, 0.1) is 10.1 Å². The van der Waals surface area contributed by atoms with Crippen LogP contribution in [0.5, 0.6) is 5.75 Å². The molecule has 0 atom stereocenters. The Bertz CT molecular complexity index is 1140. The fourth-order valence-corrected chi connectivity index (χ4v) is 4.26. The van der Waals surface area contributed by atoms with Crippen LogP contribution in [0.15, 0.2) is 59.1 Å². The second-order valence-electron chi connectivity index (χ2n) is 6.63. The quantitative estimate of drug-likeness (QED) is 0.198. The number of hydrogen-bond acceptors (Lipinski definition) is 7. The Kier molecular flexibility index (Phi) is 6.65. The molecule has 162 valence electrons. The molecule has 2 aromatic rings. The van der Waals surface area contributed by atoms with E-state index >= 15 is 0 Å². The summed E-state index contributed by atoms with van der Waals surface area (Å²) in [5, 5.41) is 15.5. The summed E-state index contributed by atoms with van der Waals surface area (Å²) in [7, 11) is -3.36. The van der Waals surface area contributed by atoms with Gasteiger partial charge in [0.25, 0.3) is 11.6 Å². The Morgan fingerprint density at radius 2 is 1.77 bits per heavy atom. The number of ether oxygens (including phenoxy) is 1. The van der Waals surface area contributed by atoms with E-state index in [4.69, 9.17) is 4.74 Å². The van der Waals surface area contributed by atoms with Crippen LogP contribution in [0.25, 0.3) is 6.08 Å². The summed E-state index contributed by atoms with van der Waals surface area (Å²) in [6.45, 7) is 0.204. The number of nitro benzene ring substituents is 1. The molecule has 0 saturated carbocycles. The molecule has 0 radical (unpaired) electrons. The number of sulfone groups is 1. The van der Waals surface area contributed by atoms with Crippen LogP contribution in [0.1, 0.15) is 18.4 Å². The zero-order valence-corrected chi connectivity index (χ0v) is 17.1. The lowest BCUT2D eigenvalue weighted by molar-refractivity contribution is -0.385. The molecule has 1 aliphatic heterocycles. The smallest absolute Gasteiger partial charge is 0.326 e. The van der Waals surface area contributed by atoms with Gasteiger partial charge < -0.3 is 10.1 Å². The van der Waals surface area contributed by atoms with Crippen molar-refractivity contribution < 1.29 is 27.7 Å². The molecule has 3 amide bonds. The molecule has 0 aliphatic carbocycles. The number of nitrogens with zero attached hydrogens (tertiary/aromatic N) is 1. The third-order valence-electron chi connectivity index (χ3n) is 4.39. The molecule has 0 spiro atoms. The van der Waals surface area contributed by atoms with Crippen LogP contribution in [0.4, 0.5) is 10.5 Å². The minimum absolute atomic E-state index is 0.0210. The average molecular weight is 445 g/mol. The lowest BCUT2D eigenvalue weighted by Crippen LogP contribution is -2.22. The zero-order chi connectivity index (χ0) is 22.4. The van der Waals surface area contributed by atoms with Gasteiger partial charge in [0.05, 0.1) is 27.7 Å². The van der Waals surface area contributed by atoms with Crippen LogP contribution in [0.2, 0.25) is 0 Å². The Balaban J connectivity index is 1.61. The number of imide groups is 1. The number of carbonyl (C=O) groups is 2. The van der Waals surface area contributed by atoms with Crippen LogP contribution < -0.4 is 15.4 Å². The Morgan fingerprint density at radius 1 is 1.03 bits per heavy atom.